The van der Waals surface area contributed by atoms with Crippen molar-refractivity contribution in [3.8, 4) is 11.5 Å². The molecule has 0 fully saturated rings. The van der Waals surface area contributed by atoms with Crippen LogP contribution in [0.5, 0.6) is 11.5 Å². The van der Waals surface area contributed by atoms with Crippen LogP contribution in [0.3, 0.4) is 0 Å². The summed E-state index contributed by atoms with van der Waals surface area (Å²) in [5.74, 6) is -2.00. The van der Waals surface area contributed by atoms with Crippen LogP contribution in [-0.4, -0.2) is 35.7 Å². The molecule has 1 atom stereocenters. The molecule has 7 nitrogen and oxygen atoms in total. The molecule has 130 valence electrons. The Bertz CT molecular complexity index is 589. The minimum absolute atomic E-state index is 0.0374. The predicted octanol–water partition coefficient (Wildman–Crippen LogP) is 2.13. The highest BCUT2D eigenvalue weighted by Gasteiger charge is 2.23. The fourth-order valence-electron chi connectivity index (χ4n) is 1.69. The molecule has 0 aliphatic heterocycles. The van der Waals surface area contributed by atoms with Crippen LogP contribution in [-0.2, 0) is 23.9 Å². The zero-order chi connectivity index (χ0) is 17.9. The molecule has 1 aromatic carbocycles. The maximum atomic E-state index is 12.1. The van der Waals surface area contributed by atoms with Gasteiger partial charge >= 0.3 is 17.9 Å². The van der Waals surface area contributed by atoms with Crippen molar-refractivity contribution in [1.82, 2.24) is 0 Å². The van der Waals surface area contributed by atoms with Gasteiger partial charge in [0.1, 0.15) is 11.5 Å². The number of carbonyl (C=O) groups excluding carboxylic acids is 3. The number of ether oxygens (including phenoxy) is 3. The molecule has 24 heavy (non-hydrogen) atoms. The quantitative estimate of drug-likeness (QED) is 0.441. The zero-order valence-electron chi connectivity index (χ0n) is 13.6. The van der Waals surface area contributed by atoms with Crippen molar-refractivity contribution in [3.63, 3.8) is 0 Å². The number of esters is 3. The Hall–Kier alpha value is -2.83. The summed E-state index contributed by atoms with van der Waals surface area (Å²) < 4.78 is 14.8. The first-order chi connectivity index (χ1) is 11.5. The lowest BCUT2D eigenvalue weighted by Gasteiger charge is -2.15. The number of hydrogen-bond donors (Lipinski definition) is 1. The Balaban J connectivity index is 2.64. The third-order valence-corrected chi connectivity index (χ3v) is 2.77. The molecule has 0 amide bonds. The summed E-state index contributed by atoms with van der Waals surface area (Å²) in [7, 11) is 0. The van der Waals surface area contributed by atoms with Crippen LogP contribution in [0.25, 0.3) is 0 Å². The van der Waals surface area contributed by atoms with Gasteiger partial charge in [0, 0.05) is 12.2 Å². The normalized spacial score (nSPS) is 11.8. The van der Waals surface area contributed by atoms with Crippen molar-refractivity contribution in [2.75, 3.05) is 6.61 Å². The third-order valence-electron chi connectivity index (χ3n) is 2.77. The van der Waals surface area contributed by atoms with Crippen molar-refractivity contribution in [1.29, 1.82) is 0 Å². The second-order valence-corrected chi connectivity index (χ2v) is 4.71. The molecule has 0 saturated carbocycles. The average Bonchev–Trinajstić information content (AvgIpc) is 2.55. The Morgan fingerprint density at radius 3 is 2.29 bits per heavy atom. The standard InChI is InChI=1S/C17H20O7/c1-3-5-14(24-16(20)11-10-15(19)22-4-2)17(21)23-13-8-6-12(18)7-9-13/h6-11,14,18H,3-5H2,1-2H3/b11-10-. The van der Waals surface area contributed by atoms with Gasteiger partial charge in [-0.3, -0.25) is 0 Å². The van der Waals surface area contributed by atoms with Gasteiger partial charge in [-0.2, -0.15) is 0 Å². The Morgan fingerprint density at radius 1 is 1.08 bits per heavy atom. The number of phenolic OH excluding ortho intramolecular Hbond substituents is 1. The van der Waals surface area contributed by atoms with E-state index in [1.54, 1.807) is 6.92 Å². The highest BCUT2D eigenvalue weighted by Crippen LogP contribution is 2.17. The molecular formula is C17H20O7. The van der Waals surface area contributed by atoms with Crippen LogP contribution in [0.1, 0.15) is 26.7 Å². The molecule has 1 rings (SSSR count). The van der Waals surface area contributed by atoms with E-state index in [1.165, 1.54) is 24.3 Å². The predicted molar refractivity (Wildman–Crippen MR) is 84.3 cm³/mol. The third kappa shape index (κ3) is 6.95. The van der Waals surface area contributed by atoms with Crippen LogP contribution in [0.2, 0.25) is 0 Å². The largest absolute Gasteiger partial charge is 0.508 e. The number of phenols is 1. The van der Waals surface area contributed by atoms with Gasteiger partial charge in [-0.25, -0.2) is 14.4 Å². The first kappa shape index (κ1) is 19.2. The molecule has 0 radical (unpaired) electrons. The van der Waals surface area contributed by atoms with Crippen molar-refractivity contribution >= 4 is 17.9 Å². The lowest BCUT2D eigenvalue weighted by atomic mass is 10.2. The number of hydrogen-bond acceptors (Lipinski definition) is 7. The van der Waals surface area contributed by atoms with E-state index in [0.29, 0.717) is 6.42 Å². The van der Waals surface area contributed by atoms with E-state index in [1.807, 2.05) is 6.92 Å². The van der Waals surface area contributed by atoms with E-state index in [-0.39, 0.29) is 24.5 Å². The van der Waals surface area contributed by atoms with E-state index >= 15 is 0 Å². The monoisotopic (exact) mass is 336 g/mol. The van der Waals surface area contributed by atoms with Crippen LogP contribution in [0.15, 0.2) is 36.4 Å². The summed E-state index contributed by atoms with van der Waals surface area (Å²) in [6.07, 6.45) is 1.59. The molecule has 0 bridgehead atoms. The topological polar surface area (TPSA) is 99.1 Å². The van der Waals surface area contributed by atoms with Crippen molar-refractivity contribution in [2.24, 2.45) is 0 Å². The first-order valence-corrected chi connectivity index (χ1v) is 7.52. The van der Waals surface area contributed by atoms with Gasteiger partial charge in [0.15, 0.2) is 6.10 Å². The molecule has 0 aliphatic carbocycles. The molecule has 0 saturated heterocycles. The lowest BCUT2D eigenvalue weighted by molar-refractivity contribution is -0.159. The molecule has 1 N–H and O–H groups in total. The molecule has 7 heteroatoms. The van der Waals surface area contributed by atoms with Gasteiger partial charge in [0.25, 0.3) is 0 Å². The molecular weight excluding hydrogens is 316 g/mol. The molecule has 0 spiro atoms. The first-order valence-electron chi connectivity index (χ1n) is 7.52. The second kappa shape index (κ2) is 10.0. The summed E-state index contributed by atoms with van der Waals surface area (Å²) >= 11 is 0. The van der Waals surface area contributed by atoms with Crippen LogP contribution >= 0.6 is 0 Å². The molecule has 1 unspecified atom stereocenters. The Labute approximate surface area is 139 Å². The lowest BCUT2D eigenvalue weighted by Crippen LogP contribution is -2.30. The SMILES string of the molecule is CCCC(OC(=O)/C=C\C(=O)OCC)C(=O)Oc1ccc(O)cc1. The zero-order valence-corrected chi connectivity index (χ0v) is 13.6. The van der Waals surface area contributed by atoms with E-state index in [2.05, 4.69) is 4.74 Å². The van der Waals surface area contributed by atoms with Crippen molar-refractivity contribution < 1.29 is 33.7 Å². The molecule has 0 aromatic heterocycles. The van der Waals surface area contributed by atoms with Gasteiger partial charge in [-0.05, 0) is 37.6 Å². The van der Waals surface area contributed by atoms with Gasteiger partial charge in [0.05, 0.1) is 6.61 Å². The maximum Gasteiger partial charge on any atom is 0.352 e. The molecule has 1 aromatic rings. The summed E-state index contributed by atoms with van der Waals surface area (Å²) in [4.78, 5) is 34.9. The van der Waals surface area contributed by atoms with E-state index in [9.17, 15) is 19.5 Å². The highest BCUT2D eigenvalue weighted by molar-refractivity contribution is 5.92. The minimum Gasteiger partial charge on any atom is -0.508 e. The Morgan fingerprint density at radius 2 is 1.71 bits per heavy atom. The van der Waals surface area contributed by atoms with Gasteiger partial charge in [0.2, 0.25) is 0 Å². The Kier molecular flexibility index (Phi) is 8.04. The number of carbonyl (C=O) groups is 3. The van der Waals surface area contributed by atoms with E-state index < -0.39 is 24.0 Å². The van der Waals surface area contributed by atoms with Crippen LogP contribution in [0, 0.1) is 0 Å². The summed E-state index contributed by atoms with van der Waals surface area (Å²) in [5, 5.41) is 9.19. The highest BCUT2D eigenvalue weighted by atomic mass is 16.6. The van der Waals surface area contributed by atoms with Crippen molar-refractivity contribution in [2.45, 2.75) is 32.8 Å². The fraction of sp³-hybridized carbons (Fsp3) is 0.353. The van der Waals surface area contributed by atoms with Gasteiger partial charge in [-0.15, -0.1) is 0 Å². The molecule has 0 heterocycles. The van der Waals surface area contributed by atoms with Gasteiger partial charge < -0.3 is 19.3 Å². The number of benzene rings is 1. The summed E-state index contributed by atoms with van der Waals surface area (Å²) in [5.41, 5.74) is 0. The number of aromatic hydroxyl groups is 1. The summed E-state index contributed by atoms with van der Waals surface area (Å²) in [6, 6.07) is 5.56. The van der Waals surface area contributed by atoms with Crippen LogP contribution in [0.4, 0.5) is 0 Å². The molecule has 0 aliphatic rings. The van der Waals surface area contributed by atoms with E-state index in [4.69, 9.17) is 9.47 Å². The van der Waals surface area contributed by atoms with Gasteiger partial charge in [-0.1, -0.05) is 13.3 Å². The minimum atomic E-state index is -1.09. The van der Waals surface area contributed by atoms with E-state index in [0.717, 1.165) is 12.2 Å². The van der Waals surface area contributed by atoms with Crippen molar-refractivity contribution in [3.05, 3.63) is 36.4 Å². The maximum absolute atomic E-state index is 12.1. The fourth-order valence-corrected chi connectivity index (χ4v) is 1.69. The summed E-state index contributed by atoms with van der Waals surface area (Å²) in [6.45, 7) is 3.65. The smallest absolute Gasteiger partial charge is 0.352 e. The second-order valence-electron chi connectivity index (χ2n) is 4.71. The average molecular weight is 336 g/mol. The van der Waals surface area contributed by atoms with Crippen LogP contribution < -0.4 is 4.74 Å². The number of rotatable bonds is 8.